The quantitative estimate of drug-likeness (QED) is 0.896. The Bertz CT molecular complexity index is 584. The highest BCUT2D eigenvalue weighted by Gasteiger charge is 2.27. The van der Waals surface area contributed by atoms with Crippen LogP contribution < -0.4 is 10.5 Å². The Hall–Kier alpha value is -0.910. The molecular formula is C15H26N2O2S. The fraction of sp³-hybridized carbons (Fsp3) is 0.600. The van der Waals surface area contributed by atoms with Crippen LogP contribution >= 0.6 is 0 Å². The van der Waals surface area contributed by atoms with Crippen LogP contribution in [0.5, 0.6) is 0 Å². The Balaban J connectivity index is 3.32. The SMILES string of the molecule is Cc1ccc(C(C)(C)C)cc1S(=O)(=O)NC(C)(C)CN. The van der Waals surface area contributed by atoms with Crippen molar-refractivity contribution in [3.05, 3.63) is 29.3 Å². The van der Waals surface area contributed by atoms with E-state index in [0.29, 0.717) is 4.90 Å². The summed E-state index contributed by atoms with van der Waals surface area (Å²) in [6.45, 7) is 11.8. The van der Waals surface area contributed by atoms with Gasteiger partial charge < -0.3 is 5.73 Å². The number of aryl methyl sites for hydroxylation is 1. The molecule has 0 radical (unpaired) electrons. The van der Waals surface area contributed by atoms with Gasteiger partial charge in [-0.3, -0.25) is 0 Å². The molecule has 0 fully saturated rings. The molecule has 5 heteroatoms. The summed E-state index contributed by atoms with van der Waals surface area (Å²) in [5, 5.41) is 0. The fourth-order valence-electron chi connectivity index (χ4n) is 1.82. The standard InChI is InChI=1S/C15H26N2O2S/c1-11-7-8-12(14(2,3)4)9-13(11)20(18,19)17-15(5,6)10-16/h7-9,17H,10,16H2,1-6H3. The molecule has 0 spiro atoms. The number of nitrogens with two attached hydrogens (primary N) is 1. The van der Waals surface area contributed by atoms with Crippen molar-refractivity contribution in [3.8, 4) is 0 Å². The van der Waals surface area contributed by atoms with Crippen molar-refractivity contribution in [3.63, 3.8) is 0 Å². The molecule has 1 rings (SSSR count). The van der Waals surface area contributed by atoms with Gasteiger partial charge in [0.1, 0.15) is 0 Å². The number of nitrogens with one attached hydrogen (secondary N) is 1. The van der Waals surface area contributed by atoms with Gasteiger partial charge in [0.15, 0.2) is 0 Å². The van der Waals surface area contributed by atoms with Crippen molar-refractivity contribution in [2.75, 3.05) is 6.54 Å². The first-order valence-corrected chi connectivity index (χ1v) is 8.22. The summed E-state index contributed by atoms with van der Waals surface area (Å²) in [5.74, 6) is 0. The summed E-state index contributed by atoms with van der Waals surface area (Å²) in [6.07, 6.45) is 0. The van der Waals surface area contributed by atoms with Crippen molar-refractivity contribution in [2.24, 2.45) is 5.73 Å². The van der Waals surface area contributed by atoms with Crippen LogP contribution in [0.25, 0.3) is 0 Å². The molecule has 0 amide bonds. The third kappa shape index (κ3) is 4.04. The fourth-order valence-corrected chi connectivity index (χ4v) is 3.51. The van der Waals surface area contributed by atoms with Crippen molar-refractivity contribution in [1.29, 1.82) is 0 Å². The first-order valence-electron chi connectivity index (χ1n) is 6.74. The van der Waals surface area contributed by atoms with E-state index in [1.54, 1.807) is 26.8 Å². The number of sulfonamides is 1. The summed E-state index contributed by atoms with van der Waals surface area (Å²) in [4.78, 5) is 0.325. The van der Waals surface area contributed by atoms with E-state index in [-0.39, 0.29) is 12.0 Å². The maximum absolute atomic E-state index is 12.5. The van der Waals surface area contributed by atoms with Crippen molar-refractivity contribution in [2.45, 2.75) is 57.4 Å². The minimum Gasteiger partial charge on any atom is -0.329 e. The molecule has 0 unspecified atom stereocenters. The number of rotatable bonds is 4. The minimum absolute atomic E-state index is 0.0959. The van der Waals surface area contributed by atoms with Gasteiger partial charge in [0.2, 0.25) is 10.0 Å². The van der Waals surface area contributed by atoms with Crippen LogP contribution in [-0.4, -0.2) is 20.5 Å². The van der Waals surface area contributed by atoms with E-state index in [1.807, 2.05) is 12.1 Å². The minimum atomic E-state index is -3.57. The van der Waals surface area contributed by atoms with E-state index < -0.39 is 15.6 Å². The van der Waals surface area contributed by atoms with E-state index in [4.69, 9.17) is 5.73 Å². The molecule has 0 atom stereocenters. The second kappa shape index (κ2) is 5.47. The molecular weight excluding hydrogens is 272 g/mol. The molecule has 0 aliphatic heterocycles. The van der Waals surface area contributed by atoms with Gasteiger partial charge in [0.25, 0.3) is 0 Å². The molecule has 0 bridgehead atoms. The first kappa shape index (κ1) is 17.1. The van der Waals surface area contributed by atoms with Crippen molar-refractivity contribution in [1.82, 2.24) is 4.72 Å². The molecule has 114 valence electrons. The summed E-state index contributed by atoms with van der Waals surface area (Å²) in [5.41, 5.74) is 6.57. The molecule has 3 N–H and O–H groups in total. The Morgan fingerprint density at radius 1 is 1.15 bits per heavy atom. The van der Waals surface area contributed by atoms with Gasteiger partial charge in [-0.2, -0.15) is 0 Å². The van der Waals surface area contributed by atoms with Gasteiger partial charge >= 0.3 is 0 Å². The second-order valence-electron chi connectivity index (χ2n) is 6.92. The topological polar surface area (TPSA) is 72.2 Å². The van der Waals surface area contributed by atoms with E-state index in [2.05, 4.69) is 25.5 Å². The average Bonchev–Trinajstić information content (AvgIpc) is 2.26. The zero-order chi connectivity index (χ0) is 15.8. The summed E-state index contributed by atoms with van der Waals surface area (Å²) in [6, 6.07) is 5.58. The van der Waals surface area contributed by atoms with Crippen molar-refractivity contribution < 1.29 is 8.42 Å². The van der Waals surface area contributed by atoms with Gasteiger partial charge in [0, 0.05) is 12.1 Å². The summed E-state index contributed by atoms with van der Waals surface area (Å²) < 4.78 is 27.7. The van der Waals surface area contributed by atoms with Gasteiger partial charge in [-0.05, 0) is 43.4 Å². The highest BCUT2D eigenvalue weighted by molar-refractivity contribution is 7.89. The lowest BCUT2D eigenvalue weighted by Gasteiger charge is -2.25. The zero-order valence-electron chi connectivity index (χ0n) is 13.2. The Morgan fingerprint density at radius 3 is 2.15 bits per heavy atom. The Morgan fingerprint density at radius 2 is 1.70 bits per heavy atom. The van der Waals surface area contributed by atoms with Crippen LogP contribution in [0.4, 0.5) is 0 Å². The van der Waals surface area contributed by atoms with E-state index >= 15 is 0 Å². The van der Waals surface area contributed by atoms with E-state index in [0.717, 1.165) is 11.1 Å². The van der Waals surface area contributed by atoms with E-state index in [1.165, 1.54) is 0 Å². The third-order valence-electron chi connectivity index (χ3n) is 3.26. The zero-order valence-corrected chi connectivity index (χ0v) is 14.1. The van der Waals surface area contributed by atoms with Crippen LogP contribution in [0.1, 0.15) is 45.7 Å². The van der Waals surface area contributed by atoms with Crippen LogP contribution in [-0.2, 0) is 15.4 Å². The molecule has 0 saturated heterocycles. The summed E-state index contributed by atoms with van der Waals surface area (Å²) in [7, 11) is -3.57. The maximum atomic E-state index is 12.5. The lowest BCUT2D eigenvalue weighted by Crippen LogP contribution is -2.48. The maximum Gasteiger partial charge on any atom is 0.241 e. The predicted molar refractivity (Wildman–Crippen MR) is 83.3 cm³/mol. The second-order valence-corrected chi connectivity index (χ2v) is 8.57. The van der Waals surface area contributed by atoms with Gasteiger partial charge in [-0.15, -0.1) is 0 Å². The molecule has 4 nitrogen and oxygen atoms in total. The smallest absolute Gasteiger partial charge is 0.241 e. The van der Waals surface area contributed by atoms with Gasteiger partial charge in [-0.1, -0.05) is 32.9 Å². The Labute approximate surface area is 122 Å². The van der Waals surface area contributed by atoms with Gasteiger partial charge in [-0.25, -0.2) is 13.1 Å². The third-order valence-corrected chi connectivity index (χ3v) is 5.10. The molecule has 0 aliphatic rings. The van der Waals surface area contributed by atoms with Crippen molar-refractivity contribution >= 4 is 10.0 Å². The highest BCUT2D eigenvalue weighted by Crippen LogP contribution is 2.27. The predicted octanol–water partition coefficient (Wildman–Crippen LogP) is 2.31. The first-order chi connectivity index (χ1) is 8.89. The monoisotopic (exact) mass is 298 g/mol. The largest absolute Gasteiger partial charge is 0.329 e. The highest BCUT2D eigenvalue weighted by atomic mass is 32.2. The van der Waals surface area contributed by atoms with Gasteiger partial charge in [0.05, 0.1) is 4.90 Å². The number of hydrogen-bond acceptors (Lipinski definition) is 3. The Kier molecular flexibility index (Phi) is 4.69. The summed E-state index contributed by atoms with van der Waals surface area (Å²) >= 11 is 0. The van der Waals surface area contributed by atoms with Crippen LogP contribution in [0, 0.1) is 6.92 Å². The molecule has 1 aromatic rings. The normalized spacial score (nSPS) is 13.6. The van der Waals surface area contributed by atoms with Crippen LogP contribution in [0.15, 0.2) is 23.1 Å². The van der Waals surface area contributed by atoms with Crippen LogP contribution in [0.3, 0.4) is 0 Å². The lowest BCUT2D eigenvalue weighted by molar-refractivity contribution is 0.462. The molecule has 0 heterocycles. The number of benzene rings is 1. The molecule has 0 saturated carbocycles. The molecule has 20 heavy (non-hydrogen) atoms. The molecule has 1 aromatic carbocycles. The molecule has 0 aromatic heterocycles. The lowest BCUT2D eigenvalue weighted by atomic mass is 9.87. The number of hydrogen-bond donors (Lipinski definition) is 2. The van der Waals surface area contributed by atoms with E-state index in [9.17, 15) is 8.42 Å². The van der Waals surface area contributed by atoms with Crippen LogP contribution in [0.2, 0.25) is 0 Å². The average molecular weight is 298 g/mol. The molecule has 0 aliphatic carbocycles.